The van der Waals surface area contributed by atoms with Gasteiger partial charge < -0.3 is 15.0 Å². The van der Waals surface area contributed by atoms with Gasteiger partial charge in [-0.15, -0.1) is 0 Å². The second-order valence-electron chi connectivity index (χ2n) is 4.78. The van der Waals surface area contributed by atoms with E-state index in [4.69, 9.17) is 0 Å². The van der Waals surface area contributed by atoms with Gasteiger partial charge in [-0.2, -0.15) is 13.2 Å². The molecule has 0 aromatic carbocycles. The van der Waals surface area contributed by atoms with E-state index in [0.717, 1.165) is 26.1 Å². The van der Waals surface area contributed by atoms with Gasteiger partial charge in [0, 0.05) is 25.7 Å². The van der Waals surface area contributed by atoms with E-state index < -0.39 is 12.8 Å². The van der Waals surface area contributed by atoms with Gasteiger partial charge in [0.05, 0.1) is 13.0 Å². The highest BCUT2D eigenvalue weighted by Gasteiger charge is 2.39. The van der Waals surface area contributed by atoms with E-state index >= 15 is 0 Å². The number of ether oxygens (including phenoxy) is 1. The predicted octanol–water partition coefficient (Wildman–Crippen LogP) is 0.776. The second-order valence-corrected chi connectivity index (χ2v) is 4.78. The van der Waals surface area contributed by atoms with Gasteiger partial charge in [0.15, 0.2) is 0 Å². The van der Waals surface area contributed by atoms with E-state index in [1.165, 1.54) is 0 Å². The maximum absolute atomic E-state index is 11.8. The Bertz CT molecular complexity index is 309. The van der Waals surface area contributed by atoms with E-state index in [1.54, 1.807) is 4.90 Å². The molecule has 0 unspecified atom stereocenters. The summed E-state index contributed by atoms with van der Waals surface area (Å²) in [5, 5.41) is 3.22. The van der Waals surface area contributed by atoms with Crippen molar-refractivity contribution in [3.05, 3.63) is 0 Å². The smallest absolute Gasteiger partial charge is 0.372 e. The van der Waals surface area contributed by atoms with E-state index in [9.17, 15) is 18.0 Å². The van der Waals surface area contributed by atoms with Gasteiger partial charge in [0.1, 0.15) is 6.61 Å². The molecule has 2 heterocycles. The standard InChI is InChI=1S/C11H17F3N2O2/c12-11(13,14)7-18-4-2-10(17)16-3-1-8-5-15-6-9(8)16/h8-9,15H,1-7H2/t8-,9+/m0/s1. The minimum absolute atomic E-state index is 0.0271. The molecule has 7 heteroatoms. The van der Waals surface area contributed by atoms with E-state index in [0.29, 0.717) is 5.92 Å². The van der Waals surface area contributed by atoms with E-state index in [-0.39, 0.29) is 25.0 Å². The lowest BCUT2D eigenvalue weighted by atomic mass is 10.1. The van der Waals surface area contributed by atoms with Gasteiger partial charge in [-0.25, -0.2) is 0 Å². The molecule has 2 rings (SSSR count). The lowest BCUT2D eigenvalue weighted by Gasteiger charge is -2.23. The molecular formula is C11H17F3N2O2. The Morgan fingerprint density at radius 1 is 1.39 bits per heavy atom. The Balaban J connectivity index is 1.69. The fraction of sp³-hybridized carbons (Fsp3) is 0.909. The third-order valence-corrected chi connectivity index (χ3v) is 3.49. The van der Waals surface area contributed by atoms with Crippen LogP contribution in [0.3, 0.4) is 0 Å². The van der Waals surface area contributed by atoms with Gasteiger partial charge in [-0.3, -0.25) is 4.79 Å². The van der Waals surface area contributed by atoms with Gasteiger partial charge in [-0.1, -0.05) is 0 Å². The van der Waals surface area contributed by atoms with Crippen LogP contribution in [-0.2, 0) is 9.53 Å². The largest absolute Gasteiger partial charge is 0.411 e. The molecule has 2 fully saturated rings. The number of nitrogens with one attached hydrogen (secondary N) is 1. The molecule has 0 radical (unpaired) electrons. The Kier molecular flexibility index (Phi) is 4.11. The minimum Gasteiger partial charge on any atom is -0.372 e. The van der Waals surface area contributed by atoms with Crippen molar-refractivity contribution in [1.82, 2.24) is 10.2 Å². The van der Waals surface area contributed by atoms with Gasteiger partial charge in [0.25, 0.3) is 0 Å². The van der Waals surface area contributed by atoms with Crippen molar-refractivity contribution in [2.24, 2.45) is 5.92 Å². The summed E-state index contributed by atoms with van der Waals surface area (Å²) < 4.78 is 39.9. The first-order valence-corrected chi connectivity index (χ1v) is 6.12. The van der Waals surface area contributed by atoms with Gasteiger partial charge in [-0.05, 0) is 12.3 Å². The number of halogens is 3. The third kappa shape index (κ3) is 3.35. The molecule has 0 aromatic heterocycles. The number of rotatable bonds is 4. The summed E-state index contributed by atoms with van der Waals surface area (Å²) >= 11 is 0. The molecule has 104 valence electrons. The number of hydrogen-bond donors (Lipinski definition) is 1. The maximum Gasteiger partial charge on any atom is 0.411 e. The van der Waals surface area contributed by atoms with Crippen LogP contribution in [0.25, 0.3) is 0 Å². The molecule has 18 heavy (non-hydrogen) atoms. The minimum atomic E-state index is -4.32. The monoisotopic (exact) mass is 266 g/mol. The zero-order chi connectivity index (χ0) is 13.2. The molecule has 2 aliphatic rings. The summed E-state index contributed by atoms with van der Waals surface area (Å²) in [6.45, 7) is 0.988. The molecular weight excluding hydrogens is 249 g/mol. The average Bonchev–Trinajstić information content (AvgIpc) is 2.83. The van der Waals surface area contributed by atoms with Crippen molar-refractivity contribution in [3.63, 3.8) is 0 Å². The first kappa shape index (κ1) is 13.6. The quantitative estimate of drug-likeness (QED) is 0.764. The van der Waals surface area contributed by atoms with Crippen LogP contribution in [0, 0.1) is 5.92 Å². The van der Waals surface area contributed by atoms with Crippen LogP contribution in [0.2, 0.25) is 0 Å². The summed E-state index contributed by atoms with van der Waals surface area (Å²) in [6, 6.07) is 0.222. The molecule has 1 N–H and O–H groups in total. The van der Waals surface area contributed by atoms with E-state index in [2.05, 4.69) is 10.1 Å². The third-order valence-electron chi connectivity index (χ3n) is 3.49. The van der Waals surface area contributed by atoms with Crippen LogP contribution < -0.4 is 5.32 Å². The Labute approximate surface area is 103 Å². The topological polar surface area (TPSA) is 41.6 Å². The molecule has 1 amide bonds. The molecule has 0 saturated carbocycles. The van der Waals surface area contributed by atoms with Crippen molar-refractivity contribution in [3.8, 4) is 0 Å². The van der Waals surface area contributed by atoms with Crippen molar-refractivity contribution < 1.29 is 22.7 Å². The second kappa shape index (κ2) is 5.44. The number of fused-ring (bicyclic) bond motifs is 1. The van der Waals surface area contributed by atoms with Crippen molar-refractivity contribution in [2.45, 2.75) is 25.1 Å². The van der Waals surface area contributed by atoms with Crippen molar-refractivity contribution >= 4 is 5.91 Å². The first-order valence-electron chi connectivity index (χ1n) is 6.12. The fourth-order valence-corrected chi connectivity index (χ4v) is 2.65. The molecule has 0 bridgehead atoms. The zero-order valence-corrected chi connectivity index (χ0v) is 10.0. The highest BCUT2D eigenvalue weighted by Crippen LogP contribution is 2.27. The molecule has 4 nitrogen and oxygen atoms in total. The number of likely N-dealkylation sites (tertiary alicyclic amines) is 1. The van der Waals surface area contributed by atoms with Crippen LogP contribution in [0.4, 0.5) is 13.2 Å². The number of alkyl halides is 3. The van der Waals surface area contributed by atoms with Crippen LogP contribution >= 0.6 is 0 Å². The van der Waals surface area contributed by atoms with Crippen LogP contribution in [-0.4, -0.2) is 55.9 Å². The normalized spacial score (nSPS) is 27.6. The number of carbonyl (C=O) groups excluding carboxylic acids is 1. The summed E-state index contributed by atoms with van der Waals surface area (Å²) in [5.41, 5.74) is 0. The summed E-state index contributed by atoms with van der Waals surface area (Å²) in [7, 11) is 0. The first-order chi connectivity index (χ1) is 8.47. The Morgan fingerprint density at radius 2 is 2.17 bits per heavy atom. The predicted molar refractivity (Wildman–Crippen MR) is 58.0 cm³/mol. The van der Waals surface area contributed by atoms with Gasteiger partial charge in [0.2, 0.25) is 5.91 Å². The SMILES string of the molecule is O=C(CCOCC(F)(F)F)N1CC[C@H]2CNC[C@H]21. The summed E-state index contributed by atoms with van der Waals surface area (Å²) in [4.78, 5) is 13.6. The highest BCUT2D eigenvalue weighted by molar-refractivity contribution is 5.77. The average molecular weight is 266 g/mol. The molecule has 0 aliphatic carbocycles. The maximum atomic E-state index is 11.8. The number of carbonyl (C=O) groups is 1. The van der Waals surface area contributed by atoms with Crippen molar-refractivity contribution in [1.29, 1.82) is 0 Å². The van der Waals surface area contributed by atoms with Crippen LogP contribution in [0.15, 0.2) is 0 Å². The lowest BCUT2D eigenvalue weighted by Crippen LogP contribution is -2.39. The number of amides is 1. The lowest BCUT2D eigenvalue weighted by molar-refractivity contribution is -0.175. The molecule has 0 spiro atoms. The summed E-state index contributed by atoms with van der Waals surface area (Å²) in [5.74, 6) is 0.401. The van der Waals surface area contributed by atoms with Gasteiger partial charge >= 0.3 is 6.18 Å². The summed E-state index contributed by atoms with van der Waals surface area (Å²) in [6.07, 6.45) is -3.32. The van der Waals surface area contributed by atoms with Crippen LogP contribution in [0.1, 0.15) is 12.8 Å². The fourth-order valence-electron chi connectivity index (χ4n) is 2.65. The molecule has 2 aliphatic heterocycles. The highest BCUT2D eigenvalue weighted by atomic mass is 19.4. The molecule has 2 saturated heterocycles. The van der Waals surface area contributed by atoms with E-state index in [1.807, 2.05) is 0 Å². The Hall–Kier alpha value is -0.820. The van der Waals surface area contributed by atoms with Crippen molar-refractivity contribution in [2.75, 3.05) is 32.8 Å². The molecule has 0 aromatic rings. The number of nitrogens with zero attached hydrogens (tertiary/aromatic N) is 1. The molecule has 2 atom stereocenters. The zero-order valence-electron chi connectivity index (χ0n) is 10.0. The Morgan fingerprint density at radius 3 is 2.89 bits per heavy atom. The number of hydrogen-bond acceptors (Lipinski definition) is 3. The van der Waals surface area contributed by atoms with Crippen LogP contribution in [0.5, 0.6) is 0 Å².